The zero-order valence-corrected chi connectivity index (χ0v) is 10.7. The maximum absolute atomic E-state index is 13.3. The summed E-state index contributed by atoms with van der Waals surface area (Å²) in [4.78, 5) is 12.6. The van der Waals surface area contributed by atoms with E-state index in [9.17, 15) is 9.18 Å². The molecule has 0 fully saturated rings. The molecule has 2 aromatic rings. The largest absolute Gasteiger partial charge is 0.322 e. The average Bonchev–Trinajstić information content (AvgIpc) is 2.35. The summed E-state index contributed by atoms with van der Waals surface area (Å²) in [5.74, 6) is -0.638. The molecule has 0 radical (unpaired) electrons. The van der Waals surface area contributed by atoms with E-state index >= 15 is 0 Å². The molecule has 0 bridgehead atoms. The number of carbonyl (C=O) groups is 1. The number of nitrogens with one attached hydrogen (secondary N) is 1. The molecule has 0 aliphatic heterocycles. The van der Waals surface area contributed by atoms with Gasteiger partial charge in [-0.1, -0.05) is 18.2 Å². The minimum Gasteiger partial charge on any atom is -0.322 e. The number of anilines is 1. The van der Waals surface area contributed by atoms with Gasteiger partial charge in [0, 0.05) is 16.1 Å². The van der Waals surface area contributed by atoms with Crippen LogP contribution in [-0.4, -0.2) is 5.91 Å². The van der Waals surface area contributed by atoms with Crippen molar-refractivity contribution in [2.24, 2.45) is 0 Å². The monoisotopic (exact) mass is 261 g/mol. The molecule has 0 aliphatic carbocycles. The molecule has 0 unspecified atom stereocenters. The molecule has 2 rings (SSSR count). The maximum atomic E-state index is 13.3. The van der Waals surface area contributed by atoms with E-state index in [1.807, 2.05) is 0 Å². The third-order valence-electron chi connectivity index (χ3n) is 2.66. The van der Waals surface area contributed by atoms with Gasteiger partial charge in [0.2, 0.25) is 0 Å². The fraction of sp³-hybridized carbons (Fsp3) is 0.0714. The van der Waals surface area contributed by atoms with Crippen molar-refractivity contribution in [3.63, 3.8) is 0 Å². The van der Waals surface area contributed by atoms with Gasteiger partial charge in [-0.2, -0.15) is 0 Å². The van der Waals surface area contributed by atoms with Crippen LogP contribution in [0.15, 0.2) is 47.4 Å². The van der Waals surface area contributed by atoms with Crippen LogP contribution in [0.4, 0.5) is 10.1 Å². The van der Waals surface area contributed by atoms with Crippen molar-refractivity contribution in [3.05, 3.63) is 59.4 Å². The van der Waals surface area contributed by atoms with E-state index in [1.165, 1.54) is 6.07 Å². The Balaban J connectivity index is 2.27. The molecule has 2 nitrogen and oxygen atoms in total. The van der Waals surface area contributed by atoms with Crippen molar-refractivity contribution >= 4 is 24.2 Å². The molecule has 0 atom stereocenters. The lowest BCUT2D eigenvalue weighted by molar-refractivity contribution is 0.102. The van der Waals surface area contributed by atoms with Crippen molar-refractivity contribution in [2.75, 3.05) is 5.32 Å². The number of carbonyl (C=O) groups excluding carboxylic acids is 1. The second kappa shape index (κ2) is 5.23. The van der Waals surface area contributed by atoms with Gasteiger partial charge in [0.25, 0.3) is 5.91 Å². The number of benzene rings is 2. The second-order valence-electron chi connectivity index (χ2n) is 3.88. The summed E-state index contributed by atoms with van der Waals surface area (Å²) >= 11 is 4.21. The van der Waals surface area contributed by atoms with Gasteiger partial charge in [0.05, 0.1) is 5.56 Å². The number of rotatable bonds is 2. The lowest BCUT2D eigenvalue weighted by Gasteiger charge is -2.09. The summed E-state index contributed by atoms with van der Waals surface area (Å²) in [5, 5.41) is 2.68. The zero-order chi connectivity index (χ0) is 13.1. The third kappa shape index (κ3) is 2.54. The molecule has 2 aromatic carbocycles. The molecule has 0 saturated carbocycles. The smallest absolute Gasteiger partial charge is 0.256 e. The molecule has 92 valence electrons. The van der Waals surface area contributed by atoms with Crippen molar-refractivity contribution in [3.8, 4) is 0 Å². The molecule has 18 heavy (non-hydrogen) atoms. The van der Waals surface area contributed by atoms with Crippen molar-refractivity contribution in [1.82, 2.24) is 0 Å². The number of amides is 1. The van der Waals surface area contributed by atoms with Crippen LogP contribution >= 0.6 is 12.6 Å². The first-order chi connectivity index (χ1) is 8.59. The highest BCUT2D eigenvalue weighted by atomic mass is 32.1. The van der Waals surface area contributed by atoms with Gasteiger partial charge in [-0.3, -0.25) is 4.79 Å². The molecule has 1 N–H and O–H groups in total. The van der Waals surface area contributed by atoms with Crippen LogP contribution in [0, 0.1) is 12.7 Å². The Labute approximate surface area is 110 Å². The topological polar surface area (TPSA) is 29.1 Å². The first-order valence-corrected chi connectivity index (χ1v) is 5.89. The zero-order valence-electron chi connectivity index (χ0n) is 9.77. The second-order valence-corrected chi connectivity index (χ2v) is 4.37. The van der Waals surface area contributed by atoms with Gasteiger partial charge in [-0.15, -0.1) is 12.6 Å². The predicted molar refractivity (Wildman–Crippen MR) is 72.8 cm³/mol. The van der Waals surface area contributed by atoms with Gasteiger partial charge >= 0.3 is 0 Å². The van der Waals surface area contributed by atoms with Crippen molar-refractivity contribution in [2.45, 2.75) is 11.8 Å². The fourth-order valence-electron chi connectivity index (χ4n) is 1.60. The van der Waals surface area contributed by atoms with Crippen LogP contribution in [0.5, 0.6) is 0 Å². The first kappa shape index (κ1) is 12.6. The maximum Gasteiger partial charge on any atom is 0.256 e. The van der Waals surface area contributed by atoms with E-state index in [4.69, 9.17) is 0 Å². The summed E-state index contributed by atoms with van der Waals surface area (Å²) in [6, 6.07) is 11.5. The van der Waals surface area contributed by atoms with E-state index in [2.05, 4.69) is 17.9 Å². The number of hydrogen-bond acceptors (Lipinski definition) is 2. The fourth-order valence-corrected chi connectivity index (χ4v) is 1.86. The highest BCUT2D eigenvalue weighted by molar-refractivity contribution is 7.80. The van der Waals surface area contributed by atoms with Crippen molar-refractivity contribution in [1.29, 1.82) is 0 Å². The SMILES string of the molecule is Cc1c(F)cccc1NC(=O)c1ccccc1S. The molecular weight excluding hydrogens is 249 g/mol. The molecule has 0 spiro atoms. The van der Waals surface area contributed by atoms with Gasteiger partial charge in [0.1, 0.15) is 5.82 Å². The number of halogens is 1. The molecule has 1 amide bonds. The van der Waals surface area contributed by atoms with E-state index in [-0.39, 0.29) is 11.7 Å². The summed E-state index contributed by atoms with van der Waals surface area (Å²) in [7, 11) is 0. The summed E-state index contributed by atoms with van der Waals surface area (Å²) in [6.45, 7) is 1.62. The lowest BCUT2D eigenvalue weighted by atomic mass is 10.1. The number of hydrogen-bond donors (Lipinski definition) is 2. The van der Waals surface area contributed by atoms with Gasteiger partial charge in [-0.25, -0.2) is 4.39 Å². The Morgan fingerprint density at radius 1 is 1.17 bits per heavy atom. The normalized spacial score (nSPS) is 10.2. The first-order valence-electron chi connectivity index (χ1n) is 5.44. The number of thiol groups is 1. The minimum atomic E-state index is -0.341. The standard InChI is InChI=1S/C14H12FNOS/c1-9-11(15)6-4-7-12(9)16-14(17)10-5-2-3-8-13(10)18/h2-8,18H,1H3,(H,16,17). The Hall–Kier alpha value is -1.81. The molecule has 0 aliphatic rings. The molecular formula is C14H12FNOS. The van der Waals surface area contributed by atoms with E-state index in [0.29, 0.717) is 21.7 Å². The van der Waals surface area contributed by atoms with E-state index in [0.717, 1.165) is 0 Å². The third-order valence-corrected chi connectivity index (χ3v) is 3.05. The van der Waals surface area contributed by atoms with Crippen LogP contribution < -0.4 is 5.32 Å². The van der Waals surface area contributed by atoms with Crippen LogP contribution in [-0.2, 0) is 0 Å². The molecule has 0 aromatic heterocycles. The van der Waals surface area contributed by atoms with Crippen LogP contribution in [0.3, 0.4) is 0 Å². The summed E-state index contributed by atoms with van der Waals surface area (Å²) in [5.41, 5.74) is 1.35. The summed E-state index contributed by atoms with van der Waals surface area (Å²) < 4.78 is 13.3. The quantitative estimate of drug-likeness (QED) is 0.793. The Morgan fingerprint density at radius 3 is 2.61 bits per heavy atom. The Kier molecular flexibility index (Phi) is 3.67. The molecule has 0 heterocycles. The van der Waals surface area contributed by atoms with Gasteiger partial charge < -0.3 is 5.32 Å². The average molecular weight is 261 g/mol. The van der Waals surface area contributed by atoms with Crippen molar-refractivity contribution < 1.29 is 9.18 Å². The Bertz CT molecular complexity index is 598. The van der Waals surface area contributed by atoms with Crippen LogP contribution in [0.2, 0.25) is 0 Å². The predicted octanol–water partition coefficient (Wildman–Crippen LogP) is 3.68. The highest BCUT2D eigenvalue weighted by Crippen LogP contribution is 2.20. The Morgan fingerprint density at radius 2 is 1.89 bits per heavy atom. The minimum absolute atomic E-state index is 0.297. The van der Waals surface area contributed by atoms with Gasteiger partial charge in [-0.05, 0) is 31.2 Å². The van der Waals surface area contributed by atoms with E-state index < -0.39 is 0 Å². The van der Waals surface area contributed by atoms with Crippen LogP contribution in [0.25, 0.3) is 0 Å². The van der Waals surface area contributed by atoms with Crippen LogP contribution in [0.1, 0.15) is 15.9 Å². The molecule has 0 saturated heterocycles. The van der Waals surface area contributed by atoms with Gasteiger partial charge in [0.15, 0.2) is 0 Å². The van der Waals surface area contributed by atoms with E-state index in [1.54, 1.807) is 43.3 Å². The lowest BCUT2D eigenvalue weighted by Crippen LogP contribution is -2.13. The summed E-state index contributed by atoms with van der Waals surface area (Å²) in [6.07, 6.45) is 0. The highest BCUT2D eigenvalue weighted by Gasteiger charge is 2.11. The molecule has 4 heteroatoms.